The number of aryl methyl sites for hydroxylation is 1. The zero-order valence-corrected chi connectivity index (χ0v) is 12.1. The van der Waals surface area contributed by atoms with Crippen LogP contribution in [0.5, 0.6) is 5.75 Å². The van der Waals surface area contributed by atoms with Crippen LogP contribution in [0.3, 0.4) is 0 Å². The lowest BCUT2D eigenvalue weighted by atomic mass is 9.60. The SMILES string of the molecule is CCNC1CC(Oc2cccc(C)c2)C12CCCC2. The van der Waals surface area contributed by atoms with Gasteiger partial charge in [-0.15, -0.1) is 0 Å². The summed E-state index contributed by atoms with van der Waals surface area (Å²) in [6, 6.07) is 9.14. The number of benzene rings is 1. The Morgan fingerprint density at radius 2 is 2.11 bits per heavy atom. The van der Waals surface area contributed by atoms with Gasteiger partial charge < -0.3 is 10.1 Å². The van der Waals surface area contributed by atoms with E-state index in [1.54, 1.807) is 0 Å². The van der Waals surface area contributed by atoms with Gasteiger partial charge in [-0.25, -0.2) is 0 Å². The summed E-state index contributed by atoms with van der Waals surface area (Å²) in [7, 11) is 0. The first-order valence-corrected chi connectivity index (χ1v) is 7.71. The lowest BCUT2D eigenvalue weighted by Crippen LogP contribution is -2.63. The molecule has 3 rings (SSSR count). The summed E-state index contributed by atoms with van der Waals surface area (Å²) in [5.74, 6) is 1.05. The number of rotatable bonds is 4. The molecule has 0 aliphatic heterocycles. The third-order valence-corrected chi connectivity index (χ3v) is 5.04. The average molecular weight is 259 g/mol. The highest BCUT2D eigenvalue weighted by Gasteiger charge is 2.57. The third kappa shape index (κ3) is 2.27. The first kappa shape index (κ1) is 13.0. The van der Waals surface area contributed by atoms with Gasteiger partial charge in [-0.2, -0.15) is 0 Å². The van der Waals surface area contributed by atoms with Crippen molar-refractivity contribution in [2.24, 2.45) is 5.41 Å². The molecule has 2 heteroatoms. The second-order valence-electron chi connectivity index (χ2n) is 6.21. The van der Waals surface area contributed by atoms with Gasteiger partial charge in [0.2, 0.25) is 0 Å². The van der Waals surface area contributed by atoms with E-state index in [0.717, 1.165) is 12.3 Å². The smallest absolute Gasteiger partial charge is 0.120 e. The number of hydrogen-bond donors (Lipinski definition) is 1. The van der Waals surface area contributed by atoms with Gasteiger partial charge in [-0.1, -0.05) is 31.9 Å². The van der Waals surface area contributed by atoms with Crippen molar-refractivity contribution < 1.29 is 4.74 Å². The van der Waals surface area contributed by atoms with E-state index in [1.165, 1.54) is 37.7 Å². The average Bonchev–Trinajstić information content (AvgIpc) is 2.90. The fourth-order valence-corrected chi connectivity index (χ4v) is 4.00. The Hall–Kier alpha value is -1.02. The van der Waals surface area contributed by atoms with Gasteiger partial charge in [0.1, 0.15) is 11.9 Å². The standard InChI is InChI=1S/C17H25NO/c1-3-18-15-12-16(17(15)9-4-5-10-17)19-14-8-6-7-13(2)11-14/h6-8,11,15-16,18H,3-5,9-10,12H2,1-2H3. The zero-order valence-electron chi connectivity index (χ0n) is 12.1. The highest BCUT2D eigenvalue weighted by Crippen LogP contribution is 2.54. The molecule has 0 radical (unpaired) electrons. The van der Waals surface area contributed by atoms with Crippen LogP contribution in [0.25, 0.3) is 0 Å². The molecule has 1 spiro atoms. The van der Waals surface area contributed by atoms with Crippen molar-refractivity contribution in [3.8, 4) is 5.75 Å². The van der Waals surface area contributed by atoms with Crippen LogP contribution in [0.1, 0.15) is 44.6 Å². The molecule has 1 aromatic rings. The molecule has 0 bridgehead atoms. The topological polar surface area (TPSA) is 21.3 Å². The Balaban J connectivity index is 1.72. The van der Waals surface area contributed by atoms with Crippen molar-refractivity contribution in [3.05, 3.63) is 29.8 Å². The molecule has 0 amide bonds. The van der Waals surface area contributed by atoms with Gasteiger partial charge in [0.25, 0.3) is 0 Å². The van der Waals surface area contributed by atoms with Gasteiger partial charge in [-0.3, -0.25) is 0 Å². The van der Waals surface area contributed by atoms with E-state index in [1.807, 2.05) is 0 Å². The second kappa shape index (κ2) is 5.16. The van der Waals surface area contributed by atoms with Crippen LogP contribution in [-0.4, -0.2) is 18.7 Å². The van der Waals surface area contributed by atoms with E-state index < -0.39 is 0 Å². The maximum absolute atomic E-state index is 6.31. The van der Waals surface area contributed by atoms with Crippen LogP contribution < -0.4 is 10.1 Å². The molecule has 2 nitrogen and oxygen atoms in total. The number of nitrogens with one attached hydrogen (secondary N) is 1. The van der Waals surface area contributed by atoms with Crippen molar-refractivity contribution in [2.45, 2.75) is 58.1 Å². The van der Waals surface area contributed by atoms with Crippen LogP contribution in [0.2, 0.25) is 0 Å². The lowest BCUT2D eigenvalue weighted by Gasteiger charge is -2.54. The summed E-state index contributed by atoms with van der Waals surface area (Å²) in [4.78, 5) is 0. The summed E-state index contributed by atoms with van der Waals surface area (Å²) < 4.78 is 6.31. The molecule has 1 aromatic carbocycles. The molecule has 2 unspecified atom stereocenters. The Bertz CT molecular complexity index is 437. The molecule has 0 heterocycles. The van der Waals surface area contributed by atoms with Crippen molar-refractivity contribution >= 4 is 0 Å². The van der Waals surface area contributed by atoms with E-state index in [4.69, 9.17) is 4.74 Å². The predicted octanol–water partition coefficient (Wildman–Crippen LogP) is 3.68. The molecule has 104 valence electrons. The summed E-state index contributed by atoms with van der Waals surface area (Å²) in [5, 5.41) is 3.66. The Morgan fingerprint density at radius 1 is 1.32 bits per heavy atom. The Kier molecular flexibility index (Phi) is 3.53. The third-order valence-electron chi connectivity index (χ3n) is 5.04. The fourth-order valence-electron chi connectivity index (χ4n) is 4.00. The van der Waals surface area contributed by atoms with Gasteiger partial charge in [0.15, 0.2) is 0 Å². The van der Waals surface area contributed by atoms with Gasteiger partial charge in [0, 0.05) is 17.9 Å². The van der Waals surface area contributed by atoms with Crippen molar-refractivity contribution in [1.29, 1.82) is 0 Å². The quantitative estimate of drug-likeness (QED) is 0.890. The maximum atomic E-state index is 6.31. The van der Waals surface area contributed by atoms with Crippen LogP contribution in [0.4, 0.5) is 0 Å². The minimum atomic E-state index is 0.416. The molecule has 0 saturated heterocycles. The van der Waals surface area contributed by atoms with Crippen molar-refractivity contribution in [1.82, 2.24) is 5.32 Å². The molecule has 19 heavy (non-hydrogen) atoms. The summed E-state index contributed by atoms with van der Waals surface area (Å²) in [6.45, 7) is 5.40. The van der Waals surface area contributed by atoms with Crippen LogP contribution in [0, 0.1) is 12.3 Å². The van der Waals surface area contributed by atoms with Crippen molar-refractivity contribution in [2.75, 3.05) is 6.54 Å². The first-order valence-electron chi connectivity index (χ1n) is 7.71. The van der Waals surface area contributed by atoms with Crippen LogP contribution in [0.15, 0.2) is 24.3 Å². The molecule has 0 aromatic heterocycles. The Morgan fingerprint density at radius 3 is 2.79 bits per heavy atom. The maximum Gasteiger partial charge on any atom is 0.120 e. The Labute approximate surface area is 116 Å². The predicted molar refractivity (Wildman–Crippen MR) is 78.6 cm³/mol. The van der Waals surface area contributed by atoms with Crippen LogP contribution in [-0.2, 0) is 0 Å². The van der Waals surface area contributed by atoms with Crippen LogP contribution >= 0.6 is 0 Å². The molecule has 1 N–H and O–H groups in total. The summed E-state index contributed by atoms with van der Waals surface area (Å²) in [6.07, 6.45) is 7.00. The van der Waals surface area contributed by atoms with Crippen molar-refractivity contribution in [3.63, 3.8) is 0 Å². The largest absolute Gasteiger partial charge is 0.490 e. The van der Waals surface area contributed by atoms with E-state index in [-0.39, 0.29) is 0 Å². The molecule has 2 aliphatic carbocycles. The van der Waals surface area contributed by atoms with E-state index >= 15 is 0 Å². The first-order chi connectivity index (χ1) is 9.24. The molecule has 2 atom stereocenters. The summed E-state index contributed by atoms with van der Waals surface area (Å²) in [5.41, 5.74) is 1.69. The minimum Gasteiger partial charge on any atom is -0.490 e. The van der Waals surface area contributed by atoms with Gasteiger partial charge >= 0.3 is 0 Å². The fraction of sp³-hybridized carbons (Fsp3) is 0.647. The van der Waals surface area contributed by atoms with E-state index in [2.05, 4.69) is 43.4 Å². The molecular weight excluding hydrogens is 234 g/mol. The molecule has 2 aliphatic rings. The van der Waals surface area contributed by atoms with E-state index in [9.17, 15) is 0 Å². The molecule has 2 fully saturated rings. The summed E-state index contributed by atoms with van der Waals surface area (Å²) >= 11 is 0. The second-order valence-corrected chi connectivity index (χ2v) is 6.21. The van der Waals surface area contributed by atoms with Gasteiger partial charge in [-0.05, 0) is 44.0 Å². The highest BCUT2D eigenvalue weighted by molar-refractivity contribution is 5.28. The number of hydrogen-bond acceptors (Lipinski definition) is 2. The lowest BCUT2D eigenvalue weighted by molar-refractivity contribution is -0.0755. The highest BCUT2D eigenvalue weighted by atomic mass is 16.5. The normalized spacial score (nSPS) is 28.3. The molecular formula is C17H25NO. The number of ether oxygens (including phenoxy) is 1. The zero-order chi connectivity index (χ0) is 13.3. The van der Waals surface area contributed by atoms with E-state index in [0.29, 0.717) is 17.6 Å². The monoisotopic (exact) mass is 259 g/mol. The minimum absolute atomic E-state index is 0.416. The molecule has 2 saturated carbocycles. The van der Waals surface area contributed by atoms with Gasteiger partial charge in [0.05, 0.1) is 0 Å².